The van der Waals surface area contributed by atoms with E-state index in [9.17, 15) is 9.59 Å². The first-order valence-electron chi connectivity index (χ1n) is 7.54. The van der Waals surface area contributed by atoms with Gasteiger partial charge in [0, 0.05) is 18.2 Å². The number of nitrogens with one attached hydrogen (secondary N) is 1. The molecule has 0 unspecified atom stereocenters. The van der Waals surface area contributed by atoms with E-state index >= 15 is 0 Å². The molecule has 3 N–H and O–H groups in total. The first kappa shape index (κ1) is 18.6. The summed E-state index contributed by atoms with van der Waals surface area (Å²) in [7, 11) is 3.14. The molecule has 0 aliphatic heterocycles. The Kier molecular flexibility index (Phi) is 6.25. The number of hydrogen-bond donors (Lipinski definition) is 2. The van der Waals surface area contributed by atoms with E-state index in [-0.39, 0.29) is 22.9 Å². The van der Waals surface area contributed by atoms with Crippen LogP contribution in [0.3, 0.4) is 0 Å². The van der Waals surface area contributed by atoms with Crippen LogP contribution in [0.15, 0.2) is 36.4 Å². The number of aryl methyl sites for hydroxylation is 1. The zero-order valence-corrected chi connectivity index (χ0v) is 14.7. The summed E-state index contributed by atoms with van der Waals surface area (Å²) in [6, 6.07) is 10.1. The number of anilines is 1. The van der Waals surface area contributed by atoms with Gasteiger partial charge in [0.25, 0.3) is 0 Å². The molecule has 2 rings (SSSR count). The van der Waals surface area contributed by atoms with Crippen LogP contribution < -0.4 is 20.5 Å². The Morgan fingerprint density at radius 2 is 1.72 bits per heavy atom. The van der Waals surface area contributed by atoms with E-state index in [1.165, 1.54) is 12.1 Å². The fourth-order valence-corrected chi connectivity index (χ4v) is 2.49. The third kappa shape index (κ3) is 5.12. The Balaban J connectivity index is 2.02. The Morgan fingerprint density at radius 3 is 2.28 bits per heavy atom. The van der Waals surface area contributed by atoms with Gasteiger partial charge in [-0.1, -0.05) is 11.6 Å². The summed E-state index contributed by atoms with van der Waals surface area (Å²) in [6.07, 6.45) is 0.764. The molecular weight excluding hydrogens is 344 g/mol. The van der Waals surface area contributed by atoms with Crippen molar-refractivity contribution < 1.29 is 19.1 Å². The van der Waals surface area contributed by atoms with Crippen LogP contribution in [0.2, 0.25) is 5.02 Å². The lowest BCUT2D eigenvalue weighted by Crippen LogP contribution is -2.15. The van der Waals surface area contributed by atoms with Gasteiger partial charge >= 0.3 is 0 Å². The maximum absolute atomic E-state index is 12.1. The summed E-state index contributed by atoms with van der Waals surface area (Å²) in [6.45, 7) is 0. The number of carbonyl (C=O) groups is 2. The van der Waals surface area contributed by atoms with Crippen LogP contribution in [0, 0.1) is 0 Å². The second kappa shape index (κ2) is 8.39. The second-order valence-corrected chi connectivity index (χ2v) is 5.74. The Labute approximate surface area is 150 Å². The molecule has 2 aromatic carbocycles. The molecule has 2 amide bonds. The van der Waals surface area contributed by atoms with Gasteiger partial charge in [0.2, 0.25) is 11.8 Å². The molecule has 0 saturated heterocycles. The molecule has 0 bridgehead atoms. The fraction of sp³-hybridized carbons (Fsp3) is 0.222. The van der Waals surface area contributed by atoms with E-state index in [0.29, 0.717) is 23.6 Å². The number of nitrogens with two attached hydrogens (primary N) is 1. The normalized spacial score (nSPS) is 10.2. The molecule has 0 aromatic heterocycles. The summed E-state index contributed by atoms with van der Waals surface area (Å²) in [5, 5.41) is 2.97. The van der Waals surface area contributed by atoms with Gasteiger partial charge in [-0.25, -0.2) is 0 Å². The lowest BCUT2D eigenvalue weighted by atomic mass is 10.1. The number of hydrogen-bond acceptors (Lipinski definition) is 4. The molecule has 132 valence electrons. The molecule has 0 spiro atoms. The highest BCUT2D eigenvalue weighted by atomic mass is 35.5. The smallest absolute Gasteiger partial charge is 0.250 e. The molecule has 0 radical (unpaired) electrons. The zero-order valence-electron chi connectivity index (χ0n) is 14.0. The molecule has 2 aromatic rings. The van der Waals surface area contributed by atoms with Gasteiger partial charge in [-0.3, -0.25) is 9.59 Å². The van der Waals surface area contributed by atoms with Gasteiger partial charge in [0.15, 0.2) is 0 Å². The summed E-state index contributed by atoms with van der Waals surface area (Å²) in [5.74, 6) is 0.487. The third-order valence-corrected chi connectivity index (χ3v) is 3.90. The Morgan fingerprint density at radius 1 is 1.08 bits per heavy atom. The van der Waals surface area contributed by atoms with Crippen molar-refractivity contribution >= 4 is 29.1 Å². The molecule has 7 heteroatoms. The topological polar surface area (TPSA) is 90.6 Å². The monoisotopic (exact) mass is 362 g/mol. The van der Waals surface area contributed by atoms with Crippen molar-refractivity contribution in [1.29, 1.82) is 0 Å². The number of primary amides is 1. The van der Waals surface area contributed by atoms with Gasteiger partial charge in [0.1, 0.15) is 11.5 Å². The molecule has 0 atom stereocenters. The van der Waals surface area contributed by atoms with Crippen molar-refractivity contribution in [3.63, 3.8) is 0 Å². The molecule has 0 fully saturated rings. The standard InChI is InChI=1S/C18H19ClN2O4/c1-24-13-7-11(8-14(10-13)25-2)3-6-17(22)21-12-4-5-16(19)15(9-12)18(20)23/h4-5,7-10H,3,6H2,1-2H3,(H2,20,23)(H,21,22). The largest absolute Gasteiger partial charge is 0.497 e. The number of carbonyl (C=O) groups excluding carboxylic acids is 2. The van der Waals surface area contributed by atoms with Gasteiger partial charge < -0.3 is 20.5 Å². The lowest BCUT2D eigenvalue weighted by Gasteiger charge is -2.10. The summed E-state index contributed by atoms with van der Waals surface area (Å²) in [4.78, 5) is 23.4. The minimum Gasteiger partial charge on any atom is -0.497 e. The minimum absolute atomic E-state index is 0.164. The van der Waals surface area contributed by atoms with Crippen molar-refractivity contribution in [1.82, 2.24) is 0 Å². The van der Waals surface area contributed by atoms with E-state index in [1.807, 2.05) is 12.1 Å². The fourth-order valence-electron chi connectivity index (χ4n) is 2.28. The molecule has 0 saturated carbocycles. The first-order valence-corrected chi connectivity index (χ1v) is 7.92. The van der Waals surface area contributed by atoms with Crippen molar-refractivity contribution in [2.45, 2.75) is 12.8 Å². The lowest BCUT2D eigenvalue weighted by molar-refractivity contribution is -0.116. The average Bonchev–Trinajstić information content (AvgIpc) is 2.61. The number of methoxy groups -OCH3 is 2. The van der Waals surface area contributed by atoms with E-state index in [0.717, 1.165) is 5.56 Å². The predicted molar refractivity (Wildman–Crippen MR) is 96.5 cm³/mol. The highest BCUT2D eigenvalue weighted by Gasteiger charge is 2.10. The van der Waals surface area contributed by atoms with Gasteiger partial charge in [-0.2, -0.15) is 0 Å². The molecule has 0 aliphatic rings. The summed E-state index contributed by atoms with van der Waals surface area (Å²) in [5.41, 5.74) is 6.79. The van der Waals surface area contributed by atoms with Crippen LogP contribution in [0.5, 0.6) is 11.5 Å². The quantitative estimate of drug-likeness (QED) is 0.792. The van der Waals surface area contributed by atoms with Crippen LogP contribution in [0.25, 0.3) is 0 Å². The van der Waals surface area contributed by atoms with Crippen molar-refractivity contribution in [2.24, 2.45) is 5.73 Å². The van der Waals surface area contributed by atoms with E-state index < -0.39 is 5.91 Å². The van der Waals surface area contributed by atoms with Crippen LogP contribution in [0.1, 0.15) is 22.3 Å². The molecule has 0 aliphatic carbocycles. The first-order chi connectivity index (χ1) is 11.9. The average molecular weight is 363 g/mol. The van der Waals surface area contributed by atoms with Crippen LogP contribution >= 0.6 is 11.6 Å². The summed E-state index contributed by atoms with van der Waals surface area (Å²) < 4.78 is 10.4. The number of ether oxygens (including phenoxy) is 2. The van der Waals surface area contributed by atoms with Crippen LogP contribution in [-0.4, -0.2) is 26.0 Å². The minimum atomic E-state index is -0.649. The summed E-state index contributed by atoms with van der Waals surface area (Å²) >= 11 is 5.89. The SMILES string of the molecule is COc1cc(CCC(=O)Nc2ccc(Cl)c(C(N)=O)c2)cc(OC)c1. The number of benzene rings is 2. The van der Waals surface area contributed by atoms with Crippen LogP contribution in [0.4, 0.5) is 5.69 Å². The van der Waals surface area contributed by atoms with Gasteiger partial charge in [0.05, 0.1) is 24.8 Å². The van der Waals surface area contributed by atoms with Crippen molar-refractivity contribution in [3.8, 4) is 11.5 Å². The maximum atomic E-state index is 12.1. The van der Waals surface area contributed by atoms with Gasteiger partial charge in [-0.15, -0.1) is 0 Å². The molecular formula is C18H19ClN2O4. The van der Waals surface area contributed by atoms with E-state index in [2.05, 4.69) is 5.32 Å². The van der Waals surface area contributed by atoms with Crippen molar-refractivity contribution in [3.05, 3.63) is 52.5 Å². The zero-order chi connectivity index (χ0) is 18.4. The highest BCUT2D eigenvalue weighted by Crippen LogP contribution is 2.24. The maximum Gasteiger partial charge on any atom is 0.250 e. The van der Waals surface area contributed by atoms with Gasteiger partial charge in [-0.05, 0) is 42.3 Å². The van der Waals surface area contributed by atoms with E-state index in [1.54, 1.807) is 26.4 Å². The van der Waals surface area contributed by atoms with Crippen molar-refractivity contribution in [2.75, 3.05) is 19.5 Å². The number of amides is 2. The second-order valence-electron chi connectivity index (χ2n) is 5.33. The van der Waals surface area contributed by atoms with Crippen LogP contribution in [-0.2, 0) is 11.2 Å². The number of halogens is 1. The predicted octanol–water partition coefficient (Wildman–Crippen LogP) is 3.03. The van der Waals surface area contributed by atoms with E-state index in [4.69, 9.17) is 26.8 Å². The molecule has 6 nitrogen and oxygen atoms in total. The highest BCUT2D eigenvalue weighted by molar-refractivity contribution is 6.33. The third-order valence-electron chi connectivity index (χ3n) is 3.57. The number of rotatable bonds is 7. The molecule has 0 heterocycles. The molecule has 25 heavy (non-hydrogen) atoms. The Bertz CT molecular complexity index is 770. The Hall–Kier alpha value is -2.73.